The Morgan fingerprint density at radius 1 is 1.24 bits per heavy atom. The first-order chi connectivity index (χ1) is 8.01. The lowest BCUT2D eigenvalue weighted by molar-refractivity contribution is 0.557. The van der Waals surface area contributed by atoms with Crippen LogP contribution in [0.25, 0.3) is 0 Å². The van der Waals surface area contributed by atoms with Crippen molar-refractivity contribution in [2.75, 3.05) is 13.1 Å². The molecule has 0 saturated carbocycles. The number of halogens is 1. The van der Waals surface area contributed by atoms with Crippen molar-refractivity contribution >= 4 is 10.0 Å². The number of hydrogen-bond acceptors (Lipinski definition) is 3. The van der Waals surface area contributed by atoms with E-state index in [1.54, 1.807) is 13.0 Å². The van der Waals surface area contributed by atoms with Crippen LogP contribution < -0.4 is 10.0 Å². The highest BCUT2D eigenvalue weighted by molar-refractivity contribution is 7.89. The SMILES string of the molecule is CCNCc1ccc(F)c(S(=O)(=O)NCC)c1. The van der Waals surface area contributed by atoms with E-state index in [0.717, 1.165) is 12.1 Å². The van der Waals surface area contributed by atoms with Gasteiger partial charge in [0.2, 0.25) is 10.0 Å². The smallest absolute Gasteiger partial charge is 0.243 e. The summed E-state index contributed by atoms with van der Waals surface area (Å²) in [5, 5.41) is 3.06. The van der Waals surface area contributed by atoms with Crippen LogP contribution in [0, 0.1) is 5.82 Å². The van der Waals surface area contributed by atoms with Gasteiger partial charge in [-0.05, 0) is 24.2 Å². The van der Waals surface area contributed by atoms with E-state index < -0.39 is 15.8 Å². The summed E-state index contributed by atoms with van der Waals surface area (Å²) in [6.45, 7) is 5.12. The predicted octanol–water partition coefficient (Wildman–Crippen LogP) is 1.23. The Morgan fingerprint density at radius 2 is 1.94 bits per heavy atom. The topological polar surface area (TPSA) is 58.2 Å². The maximum atomic E-state index is 13.5. The zero-order chi connectivity index (χ0) is 12.9. The maximum absolute atomic E-state index is 13.5. The Balaban J connectivity index is 3.06. The van der Waals surface area contributed by atoms with Gasteiger partial charge in [0.05, 0.1) is 0 Å². The molecule has 0 amide bonds. The monoisotopic (exact) mass is 260 g/mol. The molecule has 17 heavy (non-hydrogen) atoms. The molecule has 0 atom stereocenters. The molecule has 0 fully saturated rings. The molecule has 0 spiro atoms. The van der Waals surface area contributed by atoms with Crippen molar-refractivity contribution < 1.29 is 12.8 Å². The number of benzene rings is 1. The molecule has 1 aromatic rings. The summed E-state index contributed by atoms with van der Waals surface area (Å²) in [7, 11) is -3.74. The Labute approximate surface area is 101 Å². The van der Waals surface area contributed by atoms with Gasteiger partial charge < -0.3 is 5.32 Å². The van der Waals surface area contributed by atoms with Crippen LogP contribution in [0.1, 0.15) is 19.4 Å². The summed E-state index contributed by atoms with van der Waals surface area (Å²) in [6.07, 6.45) is 0. The molecule has 0 radical (unpaired) electrons. The summed E-state index contributed by atoms with van der Waals surface area (Å²) in [5.41, 5.74) is 0.740. The van der Waals surface area contributed by atoms with Gasteiger partial charge in [-0.15, -0.1) is 0 Å². The average molecular weight is 260 g/mol. The van der Waals surface area contributed by atoms with Crippen molar-refractivity contribution in [3.63, 3.8) is 0 Å². The lowest BCUT2D eigenvalue weighted by Gasteiger charge is -2.08. The third kappa shape index (κ3) is 3.76. The number of nitrogens with one attached hydrogen (secondary N) is 2. The van der Waals surface area contributed by atoms with E-state index >= 15 is 0 Å². The molecule has 0 bridgehead atoms. The fourth-order valence-electron chi connectivity index (χ4n) is 1.40. The molecule has 0 heterocycles. The van der Waals surface area contributed by atoms with Crippen molar-refractivity contribution in [2.45, 2.75) is 25.3 Å². The molecule has 0 aliphatic rings. The second-order valence-corrected chi connectivity index (χ2v) is 5.28. The largest absolute Gasteiger partial charge is 0.313 e. The second-order valence-electron chi connectivity index (χ2n) is 3.55. The molecule has 1 aromatic carbocycles. The summed E-state index contributed by atoms with van der Waals surface area (Å²) in [6, 6.07) is 4.11. The van der Waals surface area contributed by atoms with Crippen molar-refractivity contribution in [3.8, 4) is 0 Å². The van der Waals surface area contributed by atoms with Gasteiger partial charge in [0.25, 0.3) is 0 Å². The molecule has 6 heteroatoms. The minimum atomic E-state index is -3.74. The van der Waals surface area contributed by atoms with Crippen LogP contribution in [0.2, 0.25) is 0 Å². The van der Waals surface area contributed by atoms with Gasteiger partial charge in [0.15, 0.2) is 0 Å². The van der Waals surface area contributed by atoms with E-state index in [-0.39, 0.29) is 11.4 Å². The predicted molar refractivity (Wildman–Crippen MR) is 64.6 cm³/mol. The zero-order valence-electron chi connectivity index (χ0n) is 9.96. The maximum Gasteiger partial charge on any atom is 0.243 e. The molecule has 0 unspecified atom stereocenters. The second kappa shape index (κ2) is 6.09. The van der Waals surface area contributed by atoms with Crippen LogP contribution in [0.4, 0.5) is 4.39 Å². The van der Waals surface area contributed by atoms with Crippen LogP contribution in [0.3, 0.4) is 0 Å². The van der Waals surface area contributed by atoms with Crippen molar-refractivity contribution in [1.82, 2.24) is 10.0 Å². The fourth-order valence-corrected chi connectivity index (χ4v) is 2.57. The Hall–Kier alpha value is -0.980. The van der Waals surface area contributed by atoms with Crippen molar-refractivity contribution in [2.24, 2.45) is 0 Å². The minimum Gasteiger partial charge on any atom is -0.313 e. The van der Waals surface area contributed by atoms with Crippen LogP contribution in [-0.2, 0) is 16.6 Å². The highest BCUT2D eigenvalue weighted by atomic mass is 32.2. The number of sulfonamides is 1. The van der Waals surface area contributed by atoms with E-state index in [1.165, 1.54) is 12.1 Å². The molecule has 0 saturated heterocycles. The average Bonchev–Trinajstić information content (AvgIpc) is 2.27. The van der Waals surface area contributed by atoms with Gasteiger partial charge in [0, 0.05) is 13.1 Å². The van der Waals surface area contributed by atoms with E-state index in [1.807, 2.05) is 6.92 Å². The standard InChI is InChI=1S/C11H17FN2O2S/c1-3-13-8-9-5-6-10(12)11(7-9)17(15,16)14-4-2/h5-7,13-14H,3-4,8H2,1-2H3. The molecule has 0 aromatic heterocycles. The highest BCUT2D eigenvalue weighted by Gasteiger charge is 2.18. The van der Waals surface area contributed by atoms with Gasteiger partial charge >= 0.3 is 0 Å². The van der Waals surface area contributed by atoms with Gasteiger partial charge in [-0.3, -0.25) is 0 Å². The first-order valence-electron chi connectivity index (χ1n) is 5.50. The lowest BCUT2D eigenvalue weighted by atomic mass is 10.2. The third-order valence-corrected chi connectivity index (χ3v) is 3.76. The molecule has 96 valence electrons. The van der Waals surface area contributed by atoms with Crippen LogP contribution in [-0.4, -0.2) is 21.5 Å². The summed E-state index contributed by atoms with van der Waals surface area (Å²) < 4.78 is 39.2. The lowest BCUT2D eigenvalue weighted by Crippen LogP contribution is -2.24. The van der Waals surface area contributed by atoms with Gasteiger partial charge in [-0.25, -0.2) is 17.5 Å². The first kappa shape index (κ1) is 14.1. The molecule has 4 nitrogen and oxygen atoms in total. The number of hydrogen-bond donors (Lipinski definition) is 2. The molecule has 0 aliphatic heterocycles. The van der Waals surface area contributed by atoms with Gasteiger partial charge in [-0.1, -0.05) is 19.9 Å². The Morgan fingerprint density at radius 3 is 2.53 bits per heavy atom. The minimum absolute atomic E-state index is 0.235. The molecule has 1 rings (SSSR count). The Bertz CT molecular complexity index is 474. The van der Waals surface area contributed by atoms with Gasteiger partial charge in [0.1, 0.15) is 10.7 Å². The normalized spacial score (nSPS) is 11.7. The molecule has 2 N–H and O–H groups in total. The quantitative estimate of drug-likeness (QED) is 0.809. The summed E-state index contributed by atoms with van der Waals surface area (Å²) >= 11 is 0. The third-order valence-electron chi connectivity index (χ3n) is 2.20. The first-order valence-corrected chi connectivity index (χ1v) is 6.98. The molecule has 0 aliphatic carbocycles. The Kier molecular flexibility index (Phi) is 5.04. The summed E-state index contributed by atoms with van der Waals surface area (Å²) in [5.74, 6) is -0.730. The van der Waals surface area contributed by atoms with Crippen molar-refractivity contribution in [1.29, 1.82) is 0 Å². The van der Waals surface area contributed by atoms with Crippen LogP contribution >= 0.6 is 0 Å². The van der Waals surface area contributed by atoms with E-state index in [9.17, 15) is 12.8 Å². The van der Waals surface area contributed by atoms with Crippen LogP contribution in [0.15, 0.2) is 23.1 Å². The van der Waals surface area contributed by atoms with E-state index in [0.29, 0.717) is 6.54 Å². The van der Waals surface area contributed by atoms with Gasteiger partial charge in [-0.2, -0.15) is 0 Å². The fraction of sp³-hybridized carbons (Fsp3) is 0.455. The molecular weight excluding hydrogens is 243 g/mol. The van der Waals surface area contributed by atoms with E-state index in [4.69, 9.17) is 0 Å². The van der Waals surface area contributed by atoms with Crippen LogP contribution in [0.5, 0.6) is 0 Å². The highest BCUT2D eigenvalue weighted by Crippen LogP contribution is 2.16. The molecular formula is C11H17FN2O2S. The number of rotatable bonds is 6. The zero-order valence-corrected chi connectivity index (χ0v) is 10.8. The summed E-state index contributed by atoms with van der Waals surface area (Å²) in [4.78, 5) is -0.297. The van der Waals surface area contributed by atoms with Crippen molar-refractivity contribution in [3.05, 3.63) is 29.6 Å². The van der Waals surface area contributed by atoms with E-state index in [2.05, 4.69) is 10.0 Å².